The molecule has 1 aliphatic carbocycles. The number of likely N-dealkylation sites (tertiary alicyclic amines) is 1. The number of carbonyl (C=O) groups is 3. The second kappa shape index (κ2) is 7.62. The summed E-state index contributed by atoms with van der Waals surface area (Å²) in [7, 11) is 0. The number of amides is 1. The van der Waals surface area contributed by atoms with Gasteiger partial charge in [-0.05, 0) is 70.2 Å². The predicted octanol–water partition coefficient (Wildman–Crippen LogP) is 3.89. The number of fused-ring (bicyclic) bond motifs is 1. The molecule has 1 aliphatic heterocycles. The third-order valence-corrected chi connectivity index (χ3v) is 5.21. The molecule has 0 aromatic heterocycles. The van der Waals surface area contributed by atoms with Crippen LogP contribution in [0.4, 0.5) is 4.79 Å². The zero-order valence-electron chi connectivity index (χ0n) is 15.8. The molecule has 1 aromatic carbocycles. The van der Waals surface area contributed by atoms with Gasteiger partial charge >= 0.3 is 12.1 Å². The third kappa shape index (κ3) is 4.51. The van der Waals surface area contributed by atoms with Gasteiger partial charge < -0.3 is 9.47 Å². The highest BCUT2D eigenvalue weighted by Crippen LogP contribution is 2.28. The number of ether oxygens (including phenoxy) is 2. The molecule has 1 saturated heterocycles. The lowest BCUT2D eigenvalue weighted by molar-refractivity contribution is -0.152. The van der Waals surface area contributed by atoms with Crippen LogP contribution >= 0.6 is 15.9 Å². The van der Waals surface area contributed by atoms with Crippen LogP contribution < -0.4 is 0 Å². The summed E-state index contributed by atoms with van der Waals surface area (Å²) in [5, 5.41) is 0. The predicted molar refractivity (Wildman–Crippen MR) is 103 cm³/mol. The Labute approximate surface area is 167 Å². The zero-order chi connectivity index (χ0) is 19.8. The first-order valence-electron chi connectivity index (χ1n) is 9.18. The fraction of sp³-hybridized carbons (Fsp3) is 0.550. The number of rotatable bonds is 2. The van der Waals surface area contributed by atoms with Gasteiger partial charge in [-0.2, -0.15) is 0 Å². The van der Waals surface area contributed by atoms with Crippen molar-refractivity contribution in [3.8, 4) is 0 Å². The number of ketones is 1. The van der Waals surface area contributed by atoms with Crippen molar-refractivity contribution in [3.63, 3.8) is 0 Å². The van der Waals surface area contributed by atoms with Gasteiger partial charge in [0.05, 0.1) is 0 Å². The molecule has 6 nitrogen and oxygen atoms in total. The van der Waals surface area contributed by atoms with Gasteiger partial charge in [0.1, 0.15) is 11.6 Å². The summed E-state index contributed by atoms with van der Waals surface area (Å²) in [6.07, 6.45) is 1.02. The zero-order valence-corrected chi connectivity index (χ0v) is 17.4. The maximum Gasteiger partial charge on any atom is 0.411 e. The van der Waals surface area contributed by atoms with Crippen LogP contribution in [-0.2, 0) is 20.7 Å². The Morgan fingerprint density at radius 3 is 2.67 bits per heavy atom. The highest BCUT2D eigenvalue weighted by atomic mass is 79.9. The monoisotopic (exact) mass is 437 g/mol. The molecule has 27 heavy (non-hydrogen) atoms. The molecular weight excluding hydrogens is 414 g/mol. The average molecular weight is 438 g/mol. The lowest BCUT2D eigenvalue weighted by atomic mass is 9.88. The largest absolute Gasteiger partial charge is 0.452 e. The van der Waals surface area contributed by atoms with Crippen molar-refractivity contribution in [1.29, 1.82) is 0 Å². The van der Waals surface area contributed by atoms with Gasteiger partial charge in [0.15, 0.2) is 6.10 Å². The topological polar surface area (TPSA) is 72.9 Å². The highest BCUT2D eigenvalue weighted by Gasteiger charge is 2.40. The number of Topliss-reactive ketones (excluding diaryl/α,β-unsaturated/α-hetero) is 1. The minimum atomic E-state index is -0.799. The van der Waals surface area contributed by atoms with Crippen molar-refractivity contribution in [2.24, 2.45) is 0 Å². The van der Waals surface area contributed by atoms with E-state index in [2.05, 4.69) is 15.9 Å². The molecule has 0 spiro atoms. The Bertz CT molecular complexity index is 770. The Balaban J connectivity index is 1.67. The van der Waals surface area contributed by atoms with Crippen molar-refractivity contribution in [2.75, 3.05) is 6.54 Å². The molecule has 0 bridgehead atoms. The van der Waals surface area contributed by atoms with E-state index < -0.39 is 29.8 Å². The van der Waals surface area contributed by atoms with E-state index in [4.69, 9.17) is 9.47 Å². The average Bonchev–Trinajstić information content (AvgIpc) is 3.06. The molecule has 1 heterocycles. The van der Waals surface area contributed by atoms with Gasteiger partial charge in [-0.3, -0.25) is 9.69 Å². The molecule has 7 heteroatoms. The van der Waals surface area contributed by atoms with E-state index in [1.165, 1.54) is 4.90 Å². The first kappa shape index (κ1) is 19.9. The number of hydrogen-bond donors (Lipinski definition) is 0. The molecule has 0 N–H and O–H groups in total. The maximum absolute atomic E-state index is 12.7. The van der Waals surface area contributed by atoms with Gasteiger partial charge in [-0.15, -0.1) is 0 Å². The summed E-state index contributed by atoms with van der Waals surface area (Å²) in [6, 6.07) is 4.79. The van der Waals surface area contributed by atoms with E-state index in [9.17, 15) is 14.4 Å². The summed E-state index contributed by atoms with van der Waals surface area (Å²) in [5.41, 5.74) is 0.918. The van der Waals surface area contributed by atoms with Gasteiger partial charge in [0, 0.05) is 16.6 Å². The molecule has 146 valence electrons. The molecule has 1 unspecified atom stereocenters. The molecule has 2 aliphatic rings. The van der Waals surface area contributed by atoms with E-state index in [0.29, 0.717) is 37.8 Å². The number of esters is 1. The fourth-order valence-electron chi connectivity index (χ4n) is 3.48. The van der Waals surface area contributed by atoms with Crippen LogP contribution in [0.5, 0.6) is 0 Å². The molecule has 3 rings (SSSR count). The van der Waals surface area contributed by atoms with E-state index in [-0.39, 0.29) is 5.78 Å². The molecule has 1 fully saturated rings. The standard InChI is InChI=1S/C20H24BrNO5/c1-20(2,3)27-19(25)22-10-4-5-15(22)18(24)26-16-9-6-12-11-13(21)7-8-14(12)17(16)23/h7-8,11,15-16H,4-6,9-10H2,1-3H3/t15-,16?/m0/s1. The van der Waals surface area contributed by atoms with Crippen molar-refractivity contribution >= 4 is 33.8 Å². The number of nitrogens with zero attached hydrogens (tertiary/aromatic N) is 1. The molecule has 1 aromatic rings. The Morgan fingerprint density at radius 2 is 1.96 bits per heavy atom. The van der Waals surface area contributed by atoms with Gasteiger partial charge in [-0.1, -0.05) is 15.9 Å². The first-order valence-corrected chi connectivity index (χ1v) is 9.98. The number of hydrogen-bond acceptors (Lipinski definition) is 5. The first-order chi connectivity index (χ1) is 12.7. The van der Waals surface area contributed by atoms with Crippen LogP contribution in [0.1, 0.15) is 56.0 Å². The van der Waals surface area contributed by atoms with Gasteiger partial charge in [0.2, 0.25) is 5.78 Å². The molecule has 0 saturated carbocycles. The minimum Gasteiger partial charge on any atom is -0.452 e. The van der Waals surface area contributed by atoms with Crippen molar-refractivity contribution in [3.05, 3.63) is 33.8 Å². The summed E-state index contributed by atoms with van der Waals surface area (Å²) < 4.78 is 11.8. The lowest BCUT2D eigenvalue weighted by Crippen LogP contribution is -2.45. The minimum absolute atomic E-state index is 0.182. The van der Waals surface area contributed by atoms with Crippen molar-refractivity contribution < 1.29 is 23.9 Å². The summed E-state index contributed by atoms with van der Waals surface area (Å²) in [6.45, 7) is 5.80. The lowest BCUT2D eigenvalue weighted by Gasteiger charge is -2.29. The van der Waals surface area contributed by atoms with Crippen molar-refractivity contribution in [1.82, 2.24) is 4.90 Å². The summed E-state index contributed by atoms with van der Waals surface area (Å²) in [5.74, 6) is -0.712. The van der Waals surface area contributed by atoms with Crippen LogP contribution in [0.15, 0.2) is 22.7 Å². The van der Waals surface area contributed by atoms with Crippen LogP contribution in [-0.4, -0.2) is 47.0 Å². The molecular formula is C20H24BrNO5. The summed E-state index contributed by atoms with van der Waals surface area (Å²) in [4.78, 5) is 39.1. The van der Waals surface area contributed by atoms with Crippen LogP contribution in [0.25, 0.3) is 0 Å². The Kier molecular flexibility index (Phi) is 5.60. The maximum atomic E-state index is 12.7. The SMILES string of the molecule is CC(C)(C)OC(=O)N1CCC[C@H]1C(=O)OC1CCc2cc(Br)ccc2C1=O. The Hall–Kier alpha value is -1.89. The molecule has 1 amide bonds. The Morgan fingerprint density at radius 1 is 1.22 bits per heavy atom. The second-order valence-corrected chi connectivity index (χ2v) is 8.88. The summed E-state index contributed by atoms with van der Waals surface area (Å²) >= 11 is 3.41. The molecule has 0 radical (unpaired) electrons. The van der Waals surface area contributed by atoms with Gasteiger partial charge in [-0.25, -0.2) is 9.59 Å². The third-order valence-electron chi connectivity index (χ3n) is 4.71. The number of benzene rings is 1. The van der Waals surface area contributed by atoms with E-state index in [0.717, 1.165) is 10.0 Å². The van der Waals surface area contributed by atoms with E-state index >= 15 is 0 Å². The van der Waals surface area contributed by atoms with Crippen LogP contribution in [0.3, 0.4) is 0 Å². The quantitative estimate of drug-likeness (QED) is 0.656. The van der Waals surface area contributed by atoms with Crippen LogP contribution in [0, 0.1) is 0 Å². The van der Waals surface area contributed by atoms with E-state index in [1.807, 2.05) is 12.1 Å². The van der Waals surface area contributed by atoms with Crippen LogP contribution in [0.2, 0.25) is 0 Å². The second-order valence-electron chi connectivity index (χ2n) is 7.96. The normalized spacial score (nSPS) is 22.4. The highest BCUT2D eigenvalue weighted by molar-refractivity contribution is 9.10. The smallest absolute Gasteiger partial charge is 0.411 e. The van der Waals surface area contributed by atoms with Crippen molar-refractivity contribution in [2.45, 2.75) is 64.2 Å². The number of aryl methyl sites for hydroxylation is 1. The fourth-order valence-corrected chi connectivity index (χ4v) is 3.89. The van der Waals surface area contributed by atoms with Gasteiger partial charge in [0.25, 0.3) is 0 Å². The number of halogens is 1. The number of carbonyl (C=O) groups excluding carboxylic acids is 3. The van der Waals surface area contributed by atoms with E-state index in [1.54, 1.807) is 26.8 Å². The molecule has 2 atom stereocenters.